The van der Waals surface area contributed by atoms with Gasteiger partial charge in [-0.3, -0.25) is 9.59 Å². The zero-order chi connectivity index (χ0) is 20.2. The highest BCUT2D eigenvalue weighted by Gasteiger charge is 2.59. The molecule has 29 heavy (non-hydrogen) atoms. The van der Waals surface area contributed by atoms with Gasteiger partial charge in [-0.25, -0.2) is 4.98 Å². The monoisotopic (exact) mass is 410 g/mol. The van der Waals surface area contributed by atoms with Gasteiger partial charge in [-0.1, -0.05) is 31.6 Å². The van der Waals surface area contributed by atoms with Gasteiger partial charge in [0.1, 0.15) is 5.03 Å². The fourth-order valence-electron chi connectivity index (χ4n) is 6.95. The number of rotatable bonds is 2. The molecular weight excluding hydrogens is 380 g/mol. The Labute approximate surface area is 177 Å². The molecule has 0 spiro atoms. The summed E-state index contributed by atoms with van der Waals surface area (Å²) in [7, 11) is 0. The van der Waals surface area contributed by atoms with Crippen molar-refractivity contribution in [2.75, 3.05) is 0 Å². The third-order valence-electron chi connectivity index (χ3n) is 8.65. The molecule has 6 atom stereocenters. The molecule has 1 amide bonds. The first kappa shape index (κ1) is 19.3. The largest absolute Gasteiger partial charge is 0.352 e. The molecular formula is C24H30N2O2S. The Balaban J connectivity index is 1.39. The molecule has 1 saturated heterocycles. The van der Waals surface area contributed by atoms with Crippen LogP contribution in [0.5, 0.6) is 0 Å². The van der Waals surface area contributed by atoms with Gasteiger partial charge in [0.25, 0.3) is 0 Å². The van der Waals surface area contributed by atoms with Crippen molar-refractivity contribution in [2.45, 2.75) is 69.9 Å². The predicted octanol–water partition coefficient (Wildman–Crippen LogP) is 4.76. The van der Waals surface area contributed by atoms with Crippen LogP contribution in [0.3, 0.4) is 0 Å². The van der Waals surface area contributed by atoms with Gasteiger partial charge in [-0.15, -0.1) is 0 Å². The summed E-state index contributed by atoms with van der Waals surface area (Å²) in [6.45, 7) is 4.76. The minimum atomic E-state index is 0.0578. The van der Waals surface area contributed by atoms with Crippen LogP contribution in [0, 0.1) is 28.6 Å². The molecule has 5 rings (SSSR count). The zero-order valence-electron chi connectivity index (χ0n) is 17.3. The van der Waals surface area contributed by atoms with Gasteiger partial charge in [-0.05, 0) is 85.1 Å². The van der Waals surface area contributed by atoms with Gasteiger partial charge < -0.3 is 5.32 Å². The molecule has 0 bridgehead atoms. The van der Waals surface area contributed by atoms with E-state index in [0.717, 1.165) is 43.6 Å². The van der Waals surface area contributed by atoms with Crippen LogP contribution in [-0.4, -0.2) is 22.0 Å². The minimum absolute atomic E-state index is 0.0578. The number of allylic oxidation sites excluding steroid dienone is 1. The van der Waals surface area contributed by atoms with E-state index in [9.17, 15) is 9.59 Å². The van der Waals surface area contributed by atoms with Crippen molar-refractivity contribution in [1.29, 1.82) is 0 Å². The van der Waals surface area contributed by atoms with Gasteiger partial charge in [-0.2, -0.15) is 0 Å². The summed E-state index contributed by atoms with van der Waals surface area (Å²) in [5, 5.41) is 4.37. The van der Waals surface area contributed by atoms with Crippen molar-refractivity contribution >= 4 is 22.8 Å². The molecule has 4 aliphatic rings. The molecule has 1 N–H and O–H groups in total. The summed E-state index contributed by atoms with van der Waals surface area (Å²) in [6, 6.07) is 6.04. The maximum absolute atomic E-state index is 13.2. The Morgan fingerprint density at radius 1 is 1.14 bits per heavy atom. The second kappa shape index (κ2) is 6.97. The molecule has 3 aliphatic carbocycles. The van der Waals surface area contributed by atoms with Crippen molar-refractivity contribution < 1.29 is 9.59 Å². The summed E-state index contributed by atoms with van der Waals surface area (Å²) in [4.78, 5) is 29.5. The number of carbonyl (C=O) groups excluding carboxylic acids is 2. The Kier molecular flexibility index (Phi) is 4.65. The predicted molar refractivity (Wildman–Crippen MR) is 114 cm³/mol. The number of thioether (sulfide) groups is 1. The normalized spacial score (nSPS) is 40.9. The fourth-order valence-corrected chi connectivity index (χ4v) is 7.94. The molecule has 3 fully saturated rings. The molecule has 0 aromatic carbocycles. The zero-order valence-corrected chi connectivity index (χ0v) is 18.1. The van der Waals surface area contributed by atoms with Crippen LogP contribution in [0.2, 0.25) is 0 Å². The lowest BCUT2D eigenvalue weighted by molar-refractivity contribution is -0.128. The van der Waals surface area contributed by atoms with E-state index in [4.69, 9.17) is 0 Å². The maximum atomic E-state index is 13.2. The van der Waals surface area contributed by atoms with Crippen molar-refractivity contribution in [1.82, 2.24) is 10.3 Å². The SMILES string of the molecule is C[C@]12CCC(=O)N[C@@H]1CC=C1[C@@H]2CC[C@]2(C)[C@@H](C(=O)Sc3ccccn3)CC[C@@H]12. The lowest BCUT2D eigenvalue weighted by Gasteiger charge is -2.56. The van der Waals surface area contributed by atoms with Gasteiger partial charge in [0.05, 0.1) is 0 Å². The standard InChI is InChI=1S/C24H30N2O2S/c1-23-12-10-17-15(6-9-19-24(17,2)13-11-20(27)26-19)16(23)7-8-18(23)22(28)29-21-5-3-4-14-25-21/h3-6,14,16-19H,7-13H2,1-2H3,(H,26,27)/t16-,17-,18+,19+,23-,24+/m0/s1. The average Bonchev–Trinajstić information content (AvgIpc) is 3.06. The van der Waals surface area contributed by atoms with Crippen molar-refractivity contribution in [3.05, 3.63) is 36.0 Å². The van der Waals surface area contributed by atoms with E-state index in [0.29, 0.717) is 18.3 Å². The Morgan fingerprint density at radius 2 is 1.97 bits per heavy atom. The van der Waals surface area contributed by atoms with Crippen LogP contribution >= 0.6 is 11.8 Å². The Bertz CT molecular complexity index is 869. The maximum Gasteiger partial charge on any atom is 0.220 e. The van der Waals surface area contributed by atoms with E-state index in [2.05, 4.69) is 30.2 Å². The van der Waals surface area contributed by atoms with Gasteiger partial charge in [0, 0.05) is 24.6 Å². The quantitative estimate of drug-likeness (QED) is 0.564. The number of fused-ring (bicyclic) bond motifs is 5. The fraction of sp³-hybridized carbons (Fsp3) is 0.625. The average molecular weight is 411 g/mol. The summed E-state index contributed by atoms with van der Waals surface area (Å²) in [5.41, 5.74) is 1.83. The highest BCUT2D eigenvalue weighted by atomic mass is 32.2. The number of piperidine rings is 1. The molecule has 1 aromatic heterocycles. The van der Waals surface area contributed by atoms with Crippen LogP contribution in [0.1, 0.15) is 58.8 Å². The summed E-state index contributed by atoms with van der Waals surface area (Å²) >= 11 is 1.33. The van der Waals surface area contributed by atoms with Crippen molar-refractivity contribution in [2.24, 2.45) is 28.6 Å². The lowest BCUT2D eigenvalue weighted by Crippen LogP contribution is -2.58. The highest BCUT2D eigenvalue weighted by Crippen LogP contribution is 2.64. The van der Waals surface area contributed by atoms with Crippen LogP contribution in [0.15, 0.2) is 41.1 Å². The molecule has 1 aromatic rings. The van der Waals surface area contributed by atoms with E-state index in [-0.39, 0.29) is 33.8 Å². The number of hydrogen-bond donors (Lipinski definition) is 1. The first-order valence-corrected chi connectivity index (χ1v) is 11.9. The smallest absolute Gasteiger partial charge is 0.220 e. The number of nitrogens with zero attached hydrogens (tertiary/aromatic N) is 1. The van der Waals surface area contributed by atoms with Crippen LogP contribution in [0.4, 0.5) is 0 Å². The number of carbonyl (C=O) groups is 2. The number of nitrogens with one attached hydrogen (secondary N) is 1. The van der Waals surface area contributed by atoms with Crippen LogP contribution in [0.25, 0.3) is 0 Å². The Hall–Kier alpha value is -1.62. The van der Waals surface area contributed by atoms with Crippen LogP contribution < -0.4 is 5.32 Å². The van der Waals surface area contributed by atoms with Crippen molar-refractivity contribution in [3.8, 4) is 0 Å². The van der Waals surface area contributed by atoms with Crippen LogP contribution in [-0.2, 0) is 9.59 Å². The summed E-state index contributed by atoms with van der Waals surface area (Å²) in [6.07, 6.45) is 11.1. The van der Waals surface area contributed by atoms with E-state index in [1.54, 1.807) is 11.8 Å². The molecule has 5 heteroatoms. The molecule has 0 unspecified atom stereocenters. The topological polar surface area (TPSA) is 59.1 Å². The third kappa shape index (κ3) is 2.99. The van der Waals surface area contributed by atoms with Gasteiger partial charge in [0.2, 0.25) is 5.91 Å². The molecule has 1 aliphatic heterocycles. The Morgan fingerprint density at radius 3 is 2.76 bits per heavy atom. The molecule has 154 valence electrons. The molecule has 4 nitrogen and oxygen atoms in total. The van der Waals surface area contributed by atoms with E-state index < -0.39 is 0 Å². The lowest BCUT2D eigenvalue weighted by atomic mass is 9.50. The summed E-state index contributed by atoms with van der Waals surface area (Å²) in [5.74, 6) is 1.38. The first-order chi connectivity index (χ1) is 13.9. The van der Waals surface area contributed by atoms with E-state index in [1.807, 2.05) is 18.2 Å². The van der Waals surface area contributed by atoms with Gasteiger partial charge >= 0.3 is 0 Å². The van der Waals surface area contributed by atoms with E-state index in [1.165, 1.54) is 11.8 Å². The molecule has 2 saturated carbocycles. The third-order valence-corrected chi connectivity index (χ3v) is 9.58. The molecule has 0 radical (unpaired) electrons. The van der Waals surface area contributed by atoms with Crippen molar-refractivity contribution in [3.63, 3.8) is 0 Å². The second-order valence-electron chi connectivity index (χ2n) is 9.93. The number of hydrogen-bond acceptors (Lipinski definition) is 4. The molecule has 2 heterocycles. The number of aromatic nitrogens is 1. The summed E-state index contributed by atoms with van der Waals surface area (Å²) < 4.78 is 0. The van der Waals surface area contributed by atoms with Gasteiger partial charge in [0.15, 0.2) is 5.12 Å². The number of amides is 1. The van der Waals surface area contributed by atoms with E-state index >= 15 is 0 Å². The second-order valence-corrected chi connectivity index (χ2v) is 11.0. The minimum Gasteiger partial charge on any atom is -0.352 e. The number of pyridine rings is 1. The first-order valence-electron chi connectivity index (χ1n) is 11.0. The highest BCUT2D eigenvalue weighted by molar-refractivity contribution is 8.13.